The fraction of sp³-hybridized carbons (Fsp3) is 0.462. The van der Waals surface area contributed by atoms with Crippen LogP contribution in [-0.2, 0) is 5.60 Å². The van der Waals surface area contributed by atoms with Crippen LogP contribution in [-0.4, -0.2) is 5.11 Å². The Kier molecular flexibility index (Phi) is 3.35. The highest BCUT2D eigenvalue weighted by molar-refractivity contribution is 5.28. The Morgan fingerprint density at radius 3 is 2.50 bits per heavy atom. The van der Waals surface area contributed by atoms with Crippen LogP contribution in [0.2, 0.25) is 0 Å². The predicted molar refractivity (Wildman–Crippen MR) is 60.0 cm³/mol. The van der Waals surface area contributed by atoms with Gasteiger partial charge in [0.15, 0.2) is 0 Å². The summed E-state index contributed by atoms with van der Waals surface area (Å²) in [6.07, 6.45) is 0.358. The number of hydrogen-bond donors (Lipinski definition) is 1. The Morgan fingerprint density at radius 1 is 1.44 bits per heavy atom. The van der Waals surface area contributed by atoms with E-state index in [9.17, 15) is 9.50 Å². The van der Waals surface area contributed by atoms with E-state index in [4.69, 9.17) is 5.26 Å². The summed E-state index contributed by atoms with van der Waals surface area (Å²) < 4.78 is 13.1. The highest BCUT2D eigenvalue weighted by atomic mass is 19.1. The molecule has 0 saturated heterocycles. The number of nitrogens with zero attached hydrogens (tertiary/aromatic N) is 1. The van der Waals surface area contributed by atoms with Crippen LogP contribution in [0.25, 0.3) is 0 Å². The first-order valence-corrected chi connectivity index (χ1v) is 5.27. The van der Waals surface area contributed by atoms with E-state index in [1.807, 2.05) is 0 Å². The second-order valence-electron chi connectivity index (χ2n) is 4.46. The van der Waals surface area contributed by atoms with Crippen molar-refractivity contribution >= 4 is 0 Å². The van der Waals surface area contributed by atoms with E-state index < -0.39 is 16.8 Å². The molecule has 0 aliphatic rings. The quantitative estimate of drug-likeness (QED) is 0.852. The molecule has 0 heterocycles. The van der Waals surface area contributed by atoms with E-state index in [-0.39, 0.29) is 0 Å². The Hall–Kier alpha value is -1.40. The highest BCUT2D eigenvalue weighted by Crippen LogP contribution is 2.41. The topological polar surface area (TPSA) is 44.0 Å². The zero-order chi connectivity index (χ0) is 12.4. The zero-order valence-corrected chi connectivity index (χ0v) is 9.79. The first kappa shape index (κ1) is 12.7. The summed E-state index contributed by atoms with van der Waals surface area (Å²) in [6, 6.07) is 7.86. The molecule has 0 saturated carbocycles. The number of aliphatic hydroxyl groups is 1. The molecule has 1 aromatic rings. The Labute approximate surface area is 95.3 Å². The molecule has 1 aromatic carbocycles. The van der Waals surface area contributed by atoms with Gasteiger partial charge in [0, 0.05) is 0 Å². The lowest BCUT2D eigenvalue weighted by molar-refractivity contribution is -0.0484. The summed E-state index contributed by atoms with van der Waals surface area (Å²) in [5.74, 6) is -0.405. The standard InChI is InChI=1S/C13H16FNO/c1-4-13(16,12(2,3)9-15)10-6-5-7-11(14)8-10/h5-8,16H,4H2,1-3H3. The van der Waals surface area contributed by atoms with Crippen LogP contribution in [0.4, 0.5) is 4.39 Å². The molecule has 1 N–H and O–H groups in total. The van der Waals surface area contributed by atoms with Gasteiger partial charge in [-0.25, -0.2) is 4.39 Å². The Bertz CT molecular complexity index is 422. The summed E-state index contributed by atoms with van der Waals surface area (Å²) in [5.41, 5.74) is -1.85. The number of hydrogen-bond acceptors (Lipinski definition) is 2. The van der Waals surface area contributed by atoms with Crippen LogP contribution >= 0.6 is 0 Å². The van der Waals surface area contributed by atoms with Gasteiger partial charge in [-0.3, -0.25) is 0 Å². The van der Waals surface area contributed by atoms with Gasteiger partial charge in [-0.05, 0) is 38.0 Å². The number of benzene rings is 1. The molecule has 1 rings (SSSR count). The molecule has 2 nitrogen and oxygen atoms in total. The SMILES string of the molecule is CCC(O)(c1cccc(F)c1)C(C)(C)C#N. The fourth-order valence-electron chi connectivity index (χ4n) is 1.85. The van der Waals surface area contributed by atoms with Crippen LogP contribution in [0.15, 0.2) is 24.3 Å². The van der Waals surface area contributed by atoms with Crippen molar-refractivity contribution in [2.24, 2.45) is 5.41 Å². The lowest BCUT2D eigenvalue weighted by atomic mass is 9.70. The smallest absolute Gasteiger partial charge is 0.123 e. The molecule has 3 heteroatoms. The minimum absolute atomic E-state index is 0.358. The van der Waals surface area contributed by atoms with Crippen molar-refractivity contribution in [2.75, 3.05) is 0 Å². The van der Waals surface area contributed by atoms with Gasteiger partial charge in [0.2, 0.25) is 0 Å². The minimum Gasteiger partial charge on any atom is -0.384 e. The third-order valence-electron chi connectivity index (χ3n) is 3.13. The third kappa shape index (κ3) is 1.94. The van der Waals surface area contributed by atoms with Crippen molar-refractivity contribution in [3.05, 3.63) is 35.6 Å². The molecule has 16 heavy (non-hydrogen) atoms. The van der Waals surface area contributed by atoms with E-state index in [1.165, 1.54) is 12.1 Å². The maximum atomic E-state index is 13.1. The largest absolute Gasteiger partial charge is 0.384 e. The Balaban J connectivity index is 3.32. The summed E-state index contributed by atoms with van der Waals surface area (Å²) in [6.45, 7) is 5.09. The lowest BCUT2D eigenvalue weighted by Gasteiger charge is -2.37. The second-order valence-corrected chi connectivity index (χ2v) is 4.46. The van der Waals surface area contributed by atoms with Crippen molar-refractivity contribution in [3.8, 4) is 6.07 Å². The third-order valence-corrected chi connectivity index (χ3v) is 3.13. The molecule has 86 valence electrons. The normalized spacial score (nSPS) is 15.2. The maximum Gasteiger partial charge on any atom is 0.123 e. The number of nitriles is 1. The van der Waals surface area contributed by atoms with Gasteiger partial charge in [0.05, 0.1) is 11.5 Å². The Morgan fingerprint density at radius 2 is 2.06 bits per heavy atom. The highest BCUT2D eigenvalue weighted by Gasteiger charge is 2.44. The van der Waals surface area contributed by atoms with Gasteiger partial charge in [-0.15, -0.1) is 0 Å². The minimum atomic E-state index is -1.33. The molecule has 1 unspecified atom stereocenters. The first-order chi connectivity index (χ1) is 7.37. The molecule has 0 spiro atoms. The van der Waals surface area contributed by atoms with E-state index >= 15 is 0 Å². The van der Waals surface area contributed by atoms with Gasteiger partial charge in [0.25, 0.3) is 0 Å². The summed E-state index contributed by atoms with van der Waals surface area (Å²) in [5, 5.41) is 19.6. The second kappa shape index (κ2) is 4.23. The van der Waals surface area contributed by atoms with E-state index in [0.29, 0.717) is 12.0 Å². The molecule has 0 aromatic heterocycles. The van der Waals surface area contributed by atoms with Crippen LogP contribution in [0.3, 0.4) is 0 Å². The molecule has 1 atom stereocenters. The molecule has 0 bridgehead atoms. The van der Waals surface area contributed by atoms with Crippen LogP contribution in [0.1, 0.15) is 32.8 Å². The van der Waals surface area contributed by atoms with E-state index in [1.54, 1.807) is 32.9 Å². The van der Waals surface area contributed by atoms with Gasteiger partial charge < -0.3 is 5.11 Å². The monoisotopic (exact) mass is 221 g/mol. The van der Waals surface area contributed by atoms with Crippen LogP contribution < -0.4 is 0 Å². The van der Waals surface area contributed by atoms with Crippen molar-refractivity contribution in [2.45, 2.75) is 32.8 Å². The lowest BCUT2D eigenvalue weighted by Crippen LogP contribution is -2.40. The molecular formula is C13H16FNO. The van der Waals surface area contributed by atoms with Crippen molar-refractivity contribution < 1.29 is 9.50 Å². The molecule has 0 aliphatic heterocycles. The van der Waals surface area contributed by atoms with Gasteiger partial charge >= 0.3 is 0 Å². The van der Waals surface area contributed by atoms with Crippen molar-refractivity contribution in [1.29, 1.82) is 5.26 Å². The van der Waals surface area contributed by atoms with Gasteiger partial charge in [-0.1, -0.05) is 19.1 Å². The average molecular weight is 221 g/mol. The summed E-state index contributed by atoms with van der Waals surface area (Å²) in [7, 11) is 0. The van der Waals surface area contributed by atoms with Crippen molar-refractivity contribution in [1.82, 2.24) is 0 Å². The zero-order valence-electron chi connectivity index (χ0n) is 9.79. The molecule has 0 amide bonds. The number of halogens is 1. The molecular weight excluding hydrogens is 205 g/mol. The van der Waals surface area contributed by atoms with Crippen LogP contribution in [0.5, 0.6) is 0 Å². The predicted octanol–water partition coefficient (Wildman–Crippen LogP) is 2.97. The molecule has 0 aliphatic carbocycles. The summed E-state index contributed by atoms with van der Waals surface area (Å²) >= 11 is 0. The van der Waals surface area contributed by atoms with Gasteiger partial charge in [-0.2, -0.15) is 5.26 Å². The van der Waals surface area contributed by atoms with Crippen LogP contribution in [0, 0.1) is 22.6 Å². The number of rotatable bonds is 3. The molecule has 0 fully saturated rings. The fourth-order valence-corrected chi connectivity index (χ4v) is 1.85. The summed E-state index contributed by atoms with van der Waals surface area (Å²) in [4.78, 5) is 0. The maximum absolute atomic E-state index is 13.1. The van der Waals surface area contributed by atoms with Crippen molar-refractivity contribution in [3.63, 3.8) is 0 Å². The van der Waals surface area contributed by atoms with Gasteiger partial charge in [0.1, 0.15) is 11.4 Å². The first-order valence-electron chi connectivity index (χ1n) is 5.27. The van der Waals surface area contributed by atoms with E-state index in [0.717, 1.165) is 0 Å². The van der Waals surface area contributed by atoms with E-state index in [2.05, 4.69) is 6.07 Å². The average Bonchev–Trinajstić information content (AvgIpc) is 2.27. The molecule has 0 radical (unpaired) electrons.